The van der Waals surface area contributed by atoms with Gasteiger partial charge in [-0.15, -0.1) is 0 Å². The van der Waals surface area contributed by atoms with E-state index in [1.54, 1.807) is 5.57 Å². The van der Waals surface area contributed by atoms with Gasteiger partial charge in [0.25, 0.3) is 0 Å². The molecule has 3 aromatic carbocycles. The minimum Gasteiger partial charge on any atom is -0.478 e. The minimum absolute atomic E-state index is 0.113. The first-order chi connectivity index (χ1) is 21.0. The van der Waals surface area contributed by atoms with Crippen molar-refractivity contribution in [2.75, 3.05) is 19.6 Å². The van der Waals surface area contributed by atoms with Crippen LogP contribution in [0.25, 0.3) is 17.7 Å². The zero-order valence-corrected chi connectivity index (χ0v) is 25.8. The third kappa shape index (κ3) is 8.74. The van der Waals surface area contributed by atoms with Crippen LogP contribution in [-0.2, 0) is 15.0 Å². The Morgan fingerprint density at radius 1 is 0.750 bits per heavy atom. The molecule has 6 heteroatoms. The van der Waals surface area contributed by atoms with Crippen LogP contribution >= 0.6 is 0 Å². The summed E-state index contributed by atoms with van der Waals surface area (Å²) in [7, 11) is 0. The molecule has 6 nitrogen and oxygen atoms in total. The van der Waals surface area contributed by atoms with Gasteiger partial charge < -0.3 is 15.1 Å². The molecule has 0 saturated carbocycles. The molecule has 0 unspecified atom stereocenters. The van der Waals surface area contributed by atoms with E-state index < -0.39 is 11.9 Å². The van der Waals surface area contributed by atoms with Gasteiger partial charge in [-0.1, -0.05) is 111 Å². The average molecular weight is 592 g/mol. The lowest BCUT2D eigenvalue weighted by Gasteiger charge is -2.30. The number of piperidine rings is 1. The molecule has 5 rings (SSSR count). The van der Waals surface area contributed by atoms with Crippen LogP contribution in [0.3, 0.4) is 0 Å². The molecule has 1 aliphatic heterocycles. The summed E-state index contributed by atoms with van der Waals surface area (Å²) in [4.78, 5) is 34.4. The van der Waals surface area contributed by atoms with E-state index in [9.17, 15) is 14.4 Å². The Kier molecular flexibility index (Phi) is 10.9. The minimum atomic E-state index is -1.26. The predicted molar refractivity (Wildman–Crippen MR) is 177 cm³/mol. The van der Waals surface area contributed by atoms with E-state index in [0.29, 0.717) is 18.6 Å². The Balaban J connectivity index is 0.000000488. The topological polar surface area (TPSA) is 94.9 Å². The molecule has 1 heterocycles. The van der Waals surface area contributed by atoms with Crippen molar-refractivity contribution in [3.8, 4) is 0 Å². The molecule has 44 heavy (non-hydrogen) atoms. The molecule has 1 saturated heterocycles. The lowest BCUT2D eigenvalue weighted by molar-refractivity contribution is -0.134. The molecule has 0 bridgehead atoms. The summed E-state index contributed by atoms with van der Waals surface area (Å²) in [5, 5.41) is 15.6. The van der Waals surface area contributed by atoms with Gasteiger partial charge in [0.05, 0.1) is 0 Å². The third-order valence-electron chi connectivity index (χ3n) is 8.04. The fourth-order valence-electron chi connectivity index (χ4n) is 5.65. The second kappa shape index (κ2) is 14.8. The maximum absolute atomic E-state index is 12.7. The molecular weight excluding hydrogens is 550 g/mol. The van der Waals surface area contributed by atoms with E-state index in [4.69, 9.17) is 10.2 Å². The summed E-state index contributed by atoms with van der Waals surface area (Å²) in [5.74, 6) is -2.26. The smallest absolute Gasteiger partial charge is 0.328 e. The van der Waals surface area contributed by atoms with Crippen LogP contribution in [0.15, 0.2) is 90.5 Å². The number of ketones is 1. The zero-order valence-electron chi connectivity index (χ0n) is 25.8. The lowest BCUT2D eigenvalue weighted by atomic mass is 9.86. The molecule has 0 aromatic heterocycles. The summed E-state index contributed by atoms with van der Waals surface area (Å²) >= 11 is 0. The largest absolute Gasteiger partial charge is 0.478 e. The number of fused-ring (bicyclic) bond motifs is 2. The maximum atomic E-state index is 12.7. The SMILES string of the molecule is CC(C)(C)c1ccc(C(=O)CCCN2CCC(=C3c4ccccc4C=Cc4ccccc43)CC2)cc1.O=C(O)C=CC(=O)O. The number of carbonyl (C=O) groups excluding carboxylic acids is 1. The van der Waals surface area contributed by atoms with Gasteiger partial charge in [-0.25, -0.2) is 9.59 Å². The van der Waals surface area contributed by atoms with Gasteiger partial charge in [-0.05, 0) is 64.6 Å². The van der Waals surface area contributed by atoms with Crippen molar-refractivity contribution in [1.29, 1.82) is 0 Å². The number of rotatable bonds is 7. The Morgan fingerprint density at radius 2 is 1.25 bits per heavy atom. The summed E-state index contributed by atoms with van der Waals surface area (Å²) in [6.45, 7) is 9.72. The second-order valence-corrected chi connectivity index (χ2v) is 12.2. The number of carboxylic acids is 2. The number of benzene rings is 3. The van der Waals surface area contributed by atoms with Crippen LogP contribution in [0.1, 0.15) is 84.6 Å². The highest BCUT2D eigenvalue weighted by molar-refractivity contribution is 5.96. The molecule has 0 amide bonds. The number of carboxylic acid groups (broad SMARTS) is 2. The fraction of sp³-hybridized carbons (Fsp3) is 0.289. The number of aliphatic carboxylic acids is 2. The standard InChI is InChI=1S/C34H37NO.C4H4O4/c1-34(2,3)29-18-16-27(17-19-29)32(36)13-8-22-35-23-20-28(21-24-35)33-30-11-6-4-9-25(30)14-15-26-10-5-7-12-31(26)33;5-3(6)1-2-4(7)8/h4-7,9-12,14-19H,8,13,20-24H2,1-3H3;1-2H,(H,5,6)(H,7,8). The molecule has 2 aliphatic rings. The zero-order chi connectivity index (χ0) is 31.7. The number of hydrogen-bond donors (Lipinski definition) is 2. The van der Waals surface area contributed by atoms with Crippen LogP contribution in [0.2, 0.25) is 0 Å². The summed E-state index contributed by atoms with van der Waals surface area (Å²) in [6.07, 6.45) is 9.33. The van der Waals surface area contributed by atoms with Crippen LogP contribution in [0.4, 0.5) is 0 Å². The summed E-state index contributed by atoms with van der Waals surface area (Å²) < 4.78 is 0. The Hall–Kier alpha value is -4.55. The molecule has 2 N–H and O–H groups in total. The predicted octanol–water partition coefficient (Wildman–Crippen LogP) is 7.74. The van der Waals surface area contributed by atoms with Gasteiger partial charge in [0.1, 0.15) is 0 Å². The van der Waals surface area contributed by atoms with E-state index in [0.717, 1.165) is 44.5 Å². The summed E-state index contributed by atoms with van der Waals surface area (Å²) in [5.41, 5.74) is 10.5. The highest BCUT2D eigenvalue weighted by Gasteiger charge is 2.22. The van der Waals surface area contributed by atoms with E-state index >= 15 is 0 Å². The van der Waals surface area contributed by atoms with E-state index in [1.165, 1.54) is 33.4 Å². The second-order valence-electron chi connectivity index (χ2n) is 12.2. The number of Topliss-reactive ketones (excluding diaryl/α,β-unsaturated/α-hetero) is 1. The lowest BCUT2D eigenvalue weighted by Crippen LogP contribution is -2.32. The van der Waals surface area contributed by atoms with Crippen LogP contribution < -0.4 is 0 Å². The van der Waals surface area contributed by atoms with E-state index in [1.807, 2.05) is 12.1 Å². The number of likely N-dealkylation sites (tertiary alicyclic amines) is 1. The van der Waals surface area contributed by atoms with Crippen molar-refractivity contribution in [1.82, 2.24) is 4.90 Å². The monoisotopic (exact) mass is 591 g/mol. The highest BCUT2D eigenvalue weighted by Crippen LogP contribution is 2.38. The van der Waals surface area contributed by atoms with Gasteiger partial charge in [-0.2, -0.15) is 0 Å². The van der Waals surface area contributed by atoms with Crippen LogP contribution in [0.5, 0.6) is 0 Å². The van der Waals surface area contributed by atoms with Crippen LogP contribution in [-0.4, -0.2) is 52.5 Å². The first kappa shape index (κ1) is 32.4. The van der Waals surface area contributed by atoms with Crippen molar-refractivity contribution in [2.45, 2.75) is 51.9 Å². The van der Waals surface area contributed by atoms with Crippen molar-refractivity contribution in [3.63, 3.8) is 0 Å². The number of carbonyl (C=O) groups is 3. The molecule has 0 atom stereocenters. The Morgan fingerprint density at radius 3 is 1.73 bits per heavy atom. The van der Waals surface area contributed by atoms with Gasteiger partial charge in [-0.3, -0.25) is 4.79 Å². The molecule has 1 aliphatic carbocycles. The summed E-state index contributed by atoms with van der Waals surface area (Å²) in [6, 6.07) is 25.8. The van der Waals surface area contributed by atoms with Crippen molar-refractivity contribution >= 4 is 35.4 Å². The van der Waals surface area contributed by atoms with Crippen molar-refractivity contribution < 1.29 is 24.6 Å². The average Bonchev–Trinajstić information content (AvgIpc) is 3.17. The third-order valence-corrected chi connectivity index (χ3v) is 8.04. The number of hydrogen-bond acceptors (Lipinski definition) is 4. The van der Waals surface area contributed by atoms with Gasteiger partial charge in [0.15, 0.2) is 5.78 Å². The highest BCUT2D eigenvalue weighted by atomic mass is 16.4. The first-order valence-electron chi connectivity index (χ1n) is 15.1. The molecule has 1 fully saturated rings. The molecule has 228 valence electrons. The Bertz CT molecular complexity index is 1510. The van der Waals surface area contributed by atoms with Crippen molar-refractivity contribution in [3.05, 3.63) is 124 Å². The molecule has 0 spiro atoms. The van der Waals surface area contributed by atoms with Gasteiger partial charge >= 0.3 is 11.9 Å². The van der Waals surface area contributed by atoms with E-state index in [-0.39, 0.29) is 11.2 Å². The number of nitrogens with zero attached hydrogens (tertiary/aromatic N) is 1. The normalized spacial score (nSPS) is 14.7. The van der Waals surface area contributed by atoms with Gasteiger partial charge in [0.2, 0.25) is 0 Å². The molecular formula is C38H41NO5. The first-order valence-corrected chi connectivity index (χ1v) is 15.1. The Labute approximate surface area is 260 Å². The maximum Gasteiger partial charge on any atom is 0.328 e. The van der Waals surface area contributed by atoms with E-state index in [2.05, 4.69) is 98.5 Å². The molecule has 3 aromatic rings. The molecule has 0 radical (unpaired) electrons. The van der Waals surface area contributed by atoms with Crippen LogP contribution in [0, 0.1) is 0 Å². The quantitative estimate of drug-likeness (QED) is 0.169. The van der Waals surface area contributed by atoms with Gasteiger partial charge in [0, 0.05) is 37.2 Å². The fourth-order valence-corrected chi connectivity index (χ4v) is 5.65. The van der Waals surface area contributed by atoms with Crippen molar-refractivity contribution in [2.24, 2.45) is 0 Å².